The third-order valence-corrected chi connectivity index (χ3v) is 3.65. The van der Waals surface area contributed by atoms with Crippen LogP contribution in [0, 0.1) is 0 Å². The fourth-order valence-corrected chi connectivity index (χ4v) is 2.69. The number of hydrogen-bond acceptors (Lipinski definition) is 4. The zero-order valence-corrected chi connectivity index (χ0v) is 11.3. The molecular formula is C13H16F3N3O2. The Labute approximate surface area is 119 Å². The molecule has 21 heavy (non-hydrogen) atoms. The third kappa shape index (κ3) is 4.05. The lowest BCUT2D eigenvalue weighted by molar-refractivity contribution is -0.141. The second-order valence-electron chi connectivity index (χ2n) is 5.34. The van der Waals surface area contributed by atoms with Crippen LogP contribution >= 0.6 is 0 Å². The van der Waals surface area contributed by atoms with Crippen LogP contribution in [0.25, 0.3) is 0 Å². The zero-order chi connectivity index (χ0) is 15.5. The van der Waals surface area contributed by atoms with Gasteiger partial charge in [-0.05, 0) is 25.0 Å². The standard InChI is InChI=1S/C13H16F3N3O2/c14-13(15,16)9-4-5-10(19-18-9)17-12(8-11(20)21)6-2-1-3-7-12/h4-5H,1-3,6-8H2,(H,17,19)(H,20,21). The molecule has 0 saturated heterocycles. The van der Waals surface area contributed by atoms with E-state index in [-0.39, 0.29) is 12.2 Å². The highest BCUT2D eigenvalue weighted by molar-refractivity contribution is 5.69. The van der Waals surface area contributed by atoms with E-state index in [4.69, 9.17) is 5.11 Å². The Kier molecular flexibility index (Phi) is 4.34. The van der Waals surface area contributed by atoms with Crippen LogP contribution in [0.2, 0.25) is 0 Å². The van der Waals surface area contributed by atoms with Gasteiger partial charge in [-0.15, -0.1) is 10.2 Å². The first-order valence-corrected chi connectivity index (χ1v) is 6.72. The first-order valence-electron chi connectivity index (χ1n) is 6.72. The van der Waals surface area contributed by atoms with Crippen molar-refractivity contribution in [2.75, 3.05) is 5.32 Å². The lowest BCUT2D eigenvalue weighted by atomic mass is 9.79. The summed E-state index contributed by atoms with van der Waals surface area (Å²) in [5, 5.41) is 18.7. The van der Waals surface area contributed by atoms with Crippen LogP contribution in [0.15, 0.2) is 12.1 Å². The van der Waals surface area contributed by atoms with Gasteiger partial charge in [-0.2, -0.15) is 13.2 Å². The van der Waals surface area contributed by atoms with Crippen LogP contribution in [-0.4, -0.2) is 26.8 Å². The van der Waals surface area contributed by atoms with E-state index in [1.807, 2.05) is 0 Å². The maximum absolute atomic E-state index is 12.4. The van der Waals surface area contributed by atoms with E-state index >= 15 is 0 Å². The molecule has 1 aromatic rings. The van der Waals surface area contributed by atoms with E-state index in [1.54, 1.807) is 0 Å². The zero-order valence-electron chi connectivity index (χ0n) is 11.3. The summed E-state index contributed by atoms with van der Waals surface area (Å²) in [6.45, 7) is 0. The number of halogens is 3. The van der Waals surface area contributed by atoms with Gasteiger partial charge in [0.25, 0.3) is 0 Å². The number of nitrogens with zero attached hydrogens (tertiary/aromatic N) is 2. The molecule has 0 bridgehead atoms. The molecule has 0 spiro atoms. The first-order chi connectivity index (χ1) is 9.81. The quantitative estimate of drug-likeness (QED) is 0.894. The van der Waals surface area contributed by atoms with Crippen LogP contribution in [0.1, 0.15) is 44.2 Å². The van der Waals surface area contributed by atoms with Crippen molar-refractivity contribution < 1.29 is 23.1 Å². The molecule has 1 heterocycles. The molecule has 0 atom stereocenters. The fraction of sp³-hybridized carbons (Fsp3) is 0.615. The molecule has 0 unspecified atom stereocenters. The Balaban J connectivity index is 2.15. The van der Waals surface area contributed by atoms with Crippen LogP contribution < -0.4 is 5.32 Å². The maximum Gasteiger partial charge on any atom is 0.435 e. The molecule has 5 nitrogen and oxygen atoms in total. The van der Waals surface area contributed by atoms with Crippen molar-refractivity contribution >= 4 is 11.8 Å². The van der Waals surface area contributed by atoms with Gasteiger partial charge in [0.1, 0.15) is 5.82 Å². The van der Waals surface area contributed by atoms with Crippen molar-refractivity contribution in [2.24, 2.45) is 0 Å². The van der Waals surface area contributed by atoms with E-state index in [1.165, 1.54) is 6.07 Å². The van der Waals surface area contributed by atoms with E-state index < -0.39 is 23.4 Å². The molecule has 1 aliphatic carbocycles. The van der Waals surface area contributed by atoms with E-state index in [2.05, 4.69) is 15.5 Å². The molecule has 1 aliphatic rings. The number of aromatic nitrogens is 2. The predicted molar refractivity (Wildman–Crippen MR) is 68.7 cm³/mol. The highest BCUT2D eigenvalue weighted by Gasteiger charge is 2.36. The summed E-state index contributed by atoms with van der Waals surface area (Å²) >= 11 is 0. The second kappa shape index (κ2) is 5.87. The fourth-order valence-electron chi connectivity index (χ4n) is 2.69. The summed E-state index contributed by atoms with van der Waals surface area (Å²) in [6, 6.07) is 2.03. The lowest BCUT2D eigenvalue weighted by Gasteiger charge is -2.37. The van der Waals surface area contributed by atoms with Gasteiger partial charge in [0.15, 0.2) is 5.69 Å². The van der Waals surface area contributed by atoms with Crippen molar-refractivity contribution in [2.45, 2.75) is 50.2 Å². The minimum absolute atomic E-state index is 0.0876. The third-order valence-electron chi connectivity index (χ3n) is 3.65. The first kappa shape index (κ1) is 15.5. The molecule has 0 aliphatic heterocycles. The largest absolute Gasteiger partial charge is 0.481 e. The molecule has 8 heteroatoms. The average Bonchev–Trinajstić information content (AvgIpc) is 2.38. The number of rotatable bonds is 4. The Morgan fingerprint density at radius 1 is 1.24 bits per heavy atom. The Morgan fingerprint density at radius 3 is 2.38 bits per heavy atom. The molecule has 0 amide bonds. The lowest BCUT2D eigenvalue weighted by Crippen LogP contribution is -2.42. The minimum atomic E-state index is -4.53. The molecule has 0 aromatic carbocycles. The summed E-state index contributed by atoms with van der Waals surface area (Å²) in [4.78, 5) is 11.0. The average molecular weight is 303 g/mol. The van der Waals surface area contributed by atoms with Crippen LogP contribution in [0.5, 0.6) is 0 Å². The Hall–Kier alpha value is -1.86. The molecule has 2 rings (SSSR count). The molecule has 1 fully saturated rings. The Morgan fingerprint density at radius 2 is 1.90 bits per heavy atom. The predicted octanol–water partition coefficient (Wildman–Crippen LogP) is 3.08. The van der Waals surface area contributed by atoms with Crippen molar-refractivity contribution in [3.63, 3.8) is 0 Å². The van der Waals surface area contributed by atoms with E-state index in [9.17, 15) is 18.0 Å². The monoisotopic (exact) mass is 303 g/mol. The van der Waals surface area contributed by atoms with Gasteiger partial charge in [0.2, 0.25) is 0 Å². The molecular weight excluding hydrogens is 287 g/mol. The number of carboxylic acids is 1. The summed E-state index contributed by atoms with van der Waals surface area (Å²) in [5.41, 5.74) is -1.72. The van der Waals surface area contributed by atoms with Gasteiger partial charge >= 0.3 is 12.1 Å². The molecule has 2 N–H and O–H groups in total. The van der Waals surface area contributed by atoms with Gasteiger partial charge in [-0.25, -0.2) is 0 Å². The van der Waals surface area contributed by atoms with Gasteiger partial charge < -0.3 is 10.4 Å². The van der Waals surface area contributed by atoms with Gasteiger partial charge in [-0.3, -0.25) is 4.79 Å². The summed E-state index contributed by atoms with van der Waals surface area (Å²) in [7, 11) is 0. The number of aliphatic carboxylic acids is 1. The Bertz CT molecular complexity index is 496. The minimum Gasteiger partial charge on any atom is -0.481 e. The highest BCUT2D eigenvalue weighted by atomic mass is 19.4. The van der Waals surface area contributed by atoms with E-state index in [0.717, 1.165) is 25.3 Å². The molecule has 1 aromatic heterocycles. The van der Waals surface area contributed by atoms with Crippen LogP contribution in [-0.2, 0) is 11.0 Å². The van der Waals surface area contributed by atoms with Gasteiger partial charge in [-0.1, -0.05) is 19.3 Å². The topological polar surface area (TPSA) is 75.1 Å². The molecule has 1 saturated carbocycles. The van der Waals surface area contributed by atoms with Crippen molar-refractivity contribution in [1.82, 2.24) is 10.2 Å². The normalized spacial score (nSPS) is 18.2. The smallest absolute Gasteiger partial charge is 0.435 e. The van der Waals surface area contributed by atoms with E-state index in [0.29, 0.717) is 12.8 Å². The number of nitrogens with one attached hydrogen (secondary N) is 1. The van der Waals surface area contributed by atoms with Crippen LogP contribution in [0.3, 0.4) is 0 Å². The summed E-state index contributed by atoms with van der Waals surface area (Å²) in [5.74, 6) is -0.768. The second-order valence-corrected chi connectivity index (χ2v) is 5.34. The van der Waals surface area contributed by atoms with Crippen molar-refractivity contribution in [1.29, 1.82) is 0 Å². The number of carboxylic acid groups (broad SMARTS) is 1. The number of hydrogen-bond donors (Lipinski definition) is 2. The number of alkyl halides is 3. The SMILES string of the molecule is O=C(O)CC1(Nc2ccc(C(F)(F)F)nn2)CCCCC1. The maximum atomic E-state index is 12.4. The van der Waals surface area contributed by atoms with Crippen molar-refractivity contribution in [3.05, 3.63) is 17.8 Å². The van der Waals surface area contributed by atoms with Crippen LogP contribution in [0.4, 0.5) is 19.0 Å². The van der Waals surface area contributed by atoms with Crippen molar-refractivity contribution in [3.8, 4) is 0 Å². The summed E-state index contributed by atoms with van der Waals surface area (Å²) < 4.78 is 37.3. The van der Waals surface area contributed by atoms with Gasteiger partial charge in [0.05, 0.1) is 6.42 Å². The molecule has 116 valence electrons. The molecule has 0 radical (unpaired) electrons. The summed E-state index contributed by atoms with van der Waals surface area (Å²) in [6.07, 6.45) is -0.515. The van der Waals surface area contributed by atoms with Gasteiger partial charge in [0, 0.05) is 5.54 Å². The number of carbonyl (C=O) groups is 1. The highest BCUT2D eigenvalue weighted by Crippen LogP contribution is 2.34. The number of anilines is 1.